The fourth-order valence-electron chi connectivity index (χ4n) is 2.47. The van der Waals surface area contributed by atoms with Gasteiger partial charge in [-0.05, 0) is 43.6 Å². The third-order valence-corrected chi connectivity index (χ3v) is 3.38. The molecule has 3 rings (SSSR count). The normalized spacial score (nSPS) is 19.2. The number of nitrogens with two attached hydrogens (primary N) is 1. The van der Waals surface area contributed by atoms with Crippen LogP contribution in [-0.4, -0.2) is 27.6 Å². The zero-order valence-corrected chi connectivity index (χ0v) is 10.2. The number of anilines is 1. The molecule has 3 heterocycles. The maximum atomic E-state index is 5.64. The Morgan fingerprint density at radius 2 is 2.39 bits per heavy atom. The van der Waals surface area contributed by atoms with Crippen LogP contribution in [0.3, 0.4) is 0 Å². The first-order chi connectivity index (χ1) is 8.83. The van der Waals surface area contributed by atoms with Crippen molar-refractivity contribution >= 4 is 5.95 Å². The van der Waals surface area contributed by atoms with Gasteiger partial charge in [0.15, 0.2) is 0 Å². The van der Waals surface area contributed by atoms with Gasteiger partial charge in [0.05, 0.1) is 11.4 Å². The predicted molar refractivity (Wildman–Crippen MR) is 70.8 cm³/mol. The lowest BCUT2D eigenvalue weighted by Crippen LogP contribution is -2.14. The Bertz CT molecular complexity index is 528. The third-order valence-electron chi connectivity index (χ3n) is 3.38. The molecule has 1 aliphatic rings. The van der Waals surface area contributed by atoms with Gasteiger partial charge in [-0.1, -0.05) is 0 Å². The monoisotopic (exact) mass is 243 g/mol. The van der Waals surface area contributed by atoms with Crippen molar-refractivity contribution < 1.29 is 0 Å². The number of aromatic nitrogens is 3. The van der Waals surface area contributed by atoms with Crippen molar-refractivity contribution in [2.45, 2.75) is 13.0 Å². The lowest BCUT2D eigenvalue weighted by Gasteiger charge is -2.13. The highest BCUT2D eigenvalue weighted by Gasteiger charge is 2.16. The third kappa shape index (κ3) is 2.22. The number of nitrogens with one attached hydrogen (secondary N) is 1. The molecule has 3 N–H and O–H groups in total. The average Bonchev–Trinajstić information content (AvgIpc) is 3.01. The summed E-state index contributed by atoms with van der Waals surface area (Å²) in [5, 5.41) is 3.39. The van der Waals surface area contributed by atoms with Gasteiger partial charge in [0.25, 0.3) is 0 Å². The highest BCUT2D eigenvalue weighted by molar-refractivity contribution is 5.55. The topological polar surface area (TPSA) is 68.8 Å². The van der Waals surface area contributed by atoms with Gasteiger partial charge in [-0.2, -0.15) is 0 Å². The molecular weight excluding hydrogens is 226 g/mol. The SMILES string of the molecule is Nc1nccc(-c2cccn2C[C@H]2CCNC2)n1. The summed E-state index contributed by atoms with van der Waals surface area (Å²) in [6.45, 7) is 3.25. The van der Waals surface area contributed by atoms with Crippen LogP contribution in [-0.2, 0) is 6.54 Å². The van der Waals surface area contributed by atoms with E-state index >= 15 is 0 Å². The number of hydrogen-bond donors (Lipinski definition) is 2. The van der Waals surface area contributed by atoms with Crippen molar-refractivity contribution in [2.75, 3.05) is 18.8 Å². The number of nitrogens with zero attached hydrogens (tertiary/aromatic N) is 3. The summed E-state index contributed by atoms with van der Waals surface area (Å²) >= 11 is 0. The van der Waals surface area contributed by atoms with E-state index in [9.17, 15) is 0 Å². The molecule has 0 spiro atoms. The molecule has 2 aromatic heterocycles. The van der Waals surface area contributed by atoms with Crippen LogP contribution in [0.25, 0.3) is 11.4 Å². The zero-order valence-electron chi connectivity index (χ0n) is 10.2. The van der Waals surface area contributed by atoms with Crippen LogP contribution in [0.4, 0.5) is 5.95 Å². The minimum atomic E-state index is 0.322. The summed E-state index contributed by atoms with van der Waals surface area (Å²) in [5.74, 6) is 1.03. The second-order valence-corrected chi connectivity index (χ2v) is 4.70. The second-order valence-electron chi connectivity index (χ2n) is 4.70. The van der Waals surface area contributed by atoms with E-state index in [0.29, 0.717) is 11.9 Å². The van der Waals surface area contributed by atoms with Crippen molar-refractivity contribution in [3.63, 3.8) is 0 Å². The largest absolute Gasteiger partial charge is 0.368 e. The van der Waals surface area contributed by atoms with E-state index in [-0.39, 0.29) is 0 Å². The average molecular weight is 243 g/mol. The summed E-state index contributed by atoms with van der Waals surface area (Å²) < 4.78 is 2.25. The Balaban J connectivity index is 1.86. The van der Waals surface area contributed by atoms with E-state index in [0.717, 1.165) is 31.0 Å². The lowest BCUT2D eigenvalue weighted by atomic mass is 10.1. The van der Waals surface area contributed by atoms with Crippen LogP contribution < -0.4 is 11.1 Å². The molecule has 0 aromatic carbocycles. The molecule has 1 atom stereocenters. The molecule has 0 unspecified atom stereocenters. The van der Waals surface area contributed by atoms with E-state index in [2.05, 4.69) is 38.2 Å². The molecule has 0 aliphatic carbocycles. The van der Waals surface area contributed by atoms with Gasteiger partial charge in [0.1, 0.15) is 0 Å². The zero-order chi connectivity index (χ0) is 12.4. The van der Waals surface area contributed by atoms with Gasteiger partial charge in [0.2, 0.25) is 5.95 Å². The fraction of sp³-hybridized carbons (Fsp3) is 0.385. The quantitative estimate of drug-likeness (QED) is 0.848. The van der Waals surface area contributed by atoms with Crippen LogP contribution in [0.1, 0.15) is 6.42 Å². The Kier molecular flexibility index (Phi) is 2.98. The standard InChI is InChI=1S/C13H17N5/c14-13-16-6-4-11(17-13)12-2-1-7-18(12)9-10-3-5-15-8-10/h1-2,4,6-7,10,15H,3,5,8-9H2,(H2,14,16,17)/t10-/m0/s1. The summed E-state index contributed by atoms with van der Waals surface area (Å²) in [5.41, 5.74) is 7.63. The minimum Gasteiger partial charge on any atom is -0.368 e. The number of nitrogen functional groups attached to an aromatic ring is 1. The van der Waals surface area contributed by atoms with Crippen LogP contribution in [0, 0.1) is 5.92 Å². The van der Waals surface area contributed by atoms with E-state index in [1.54, 1.807) is 6.20 Å². The fourth-order valence-corrected chi connectivity index (χ4v) is 2.47. The molecule has 0 amide bonds. The van der Waals surface area contributed by atoms with Gasteiger partial charge in [-0.15, -0.1) is 0 Å². The first-order valence-corrected chi connectivity index (χ1v) is 6.27. The molecule has 1 saturated heterocycles. The second kappa shape index (κ2) is 4.78. The summed E-state index contributed by atoms with van der Waals surface area (Å²) in [6, 6.07) is 6.02. The summed E-state index contributed by atoms with van der Waals surface area (Å²) in [6.07, 6.45) is 5.04. The van der Waals surface area contributed by atoms with E-state index in [4.69, 9.17) is 5.73 Å². The van der Waals surface area contributed by atoms with E-state index in [1.807, 2.05) is 6.07 Å². The molecule has 18 heavy (non-hydrogen) atoms. The van der Waals surface area contributed by atoms with Gasteiger partial charge in [-0.3, -0.25) is 0 Å². The number of hydrogen-bond acceptors (Lipinski definition) is 4. The van der Waals surface area contributed by atoms with Crippen LogP contribution >= 0.6 is 0 Å². The van der Waals surface area contributed by atoms with Crippen LogP contribution in [0.2, 0.25) is 0 Å². The lowest BCUT2D eigenvalue weighted by molar-refractivity contribution is 0.485. The molecule has 94 valence electrons. The van der Waals surface area contributed by atoms with Crippen molar-refractivity contribution in [3.8, 4) is 11.4 Å². The van der Waals surface area contributed by atoms with Crippen molar-refractivity contribution in [2.24, 2.45) is 5.92 Å². The maximum absolute atomic E-state index is 5.64. The molecule has 1 aliphatic heterocycles. The smallest absolute Gasteiger partial charge is 0.220 e. The van der Waals surface area contributed by atoms with Crippen LogP contribution in [0.15, 0.2) is 30.6 Å². The molecule has 5 heteroatoms. The first-order valence-electron chi connectivity index (χ1n) is 6.27. The number of rotatable bonds is 3. The molecule has 5 nitrogen and oxygen atoms in total. The molecule has 0 bridgehead atoms. The minimum absolute atomic E-state index is 0.322. The highest BCUT2D eigenvalue weighted by Crippen LogP contribution is 2.21. The Labute approximate surface area is 106 Å². The maximum Gasteiger partial charge on any atom is 0.220 e. The Hall–Kier alpha value is -1.88. The molecule has 0 saturated carbocycles. The van der Waals surface area contributed by atoms with Gasteiger partial charge in [-0.25, -0.2) is 9.97 Å². The van der Waals surface area contributed by atoms with E-state index in [1.165, 1.54) is 6.42 Å². The predicted octanol–water partition coefficient (Wildman–Crippen LogP) is 1.14. The van der Waals surface area contributed by atoms with Crippen molar-refractivity contribution in [3.05, 3.63) is 30.6 Å². The van der Waals surface area contributed by atoms with Gasteiger partial charge >= 0.3 is 0 Å². The first kappa shape index (κ1) is 11.2. The van der Waals surface area contributed by atoms with Crippen molar-refractivity contribution in [1.82, 2.24) is 19.9 Å². The van der Waals surface area contributed by atoms with Gasteiger partial charge < -0.3 is 15.6 Å². The van der Waals surface area contributed by atoms with E-state index < -0.39 is 0 Å². The summed E-state index contributed by atoms with van der Waals surface area (Å²) in [7, 11) is 0. The molecule has 1 fully saturated rings. The van der Waals surface area contributed by atoms with Crippen molar-refractivity contribution in [1.29, 1.82) is 0 Å². The molecule has 0 radical (unpaired) electrons. The summed E-state index contributed by atoms with van der Waals surface area (Å²) in [4.78, 5) is 8.21. The Morgan fingerprint density at radius 3 is 3.17 bits per heavy atom. The van der Waals surface area contributed by atoms with Gasteiger partial charge in [0, 0.05) is 18.9 Å². The Morgan fingerprint density at radius 1 is 1.44 bits per heavy atom. The van der Waals surface area contributed by atoms with Crippen LogP contribution in [0.5, 0.6) is 0 Å². The highest BCUT2D eigenvalue weighted by atomic mass is 15.0. The molecule has 2 aromatic rings. The molecular formula is C13H17N5.